The number of rotatable bonds is 2. The Balaban J connectivity index is 1.27. The largest absolute Gasteiger partial charge is 0.226 e. The van der Waals surface area contributed by atoms with Crippen molar-refractivity contribution in [2.24, 2.45) is 0 Å². The van der Waals surface area contributed by atoms with Crippen LogP contribution in [-0.2, 0) is 0 Å². The molecule has 1 heterocycles. The first-order valence-corrected chi connectivity index (χ1v) is 13.4. The zero-order valence-corrected chi connectivity index (χ0v) is 21.4. The van der Waals surface area contributed by atoms with Gasteiger partial charge in [-0.2, -0.15) is 9.97 Å². The minimum Gasteiger partial charge on any atom is -0.208 e. The van der Waals surface area contributed by atoms with E-state index < -0.39 is 0 Å². The standard InChI is InChI=1S/C35H18ClN3/c36-35-38-33(29-17-15-27-21-9-3-1-7-19(21)23-11-5-13-25(29)31(23)27)37-34(39-35)30-18-16-28-22-10-4-2-8-20(22)24-12-6-14-26(30)32(24)28/h1-18H. The van der Waals surface area contributed by atoms with Crippen LogP contribution in [0.2, 0.25) is 5.28 Å². The second kappa shape index (κ2) is 7.59. The summed E-state index contributed by atoms with van der Waals surface area (Å²) in [5, 5.41) is 4.89. The molecule has 0 fully saturated rings. The number of nitrogens with zero attached hydrogens (tertiary/aromatic N) is 3. The molecule has 6 aromatic carbocycles. The van der Waals surface area contributed by atoms with Gasteiger partial charge in [0.15, 0.2) is 11.6 Å². The molecule has 4 heteroatoms. The molecular weight excluding hydrogens is 498 g/mol. The molecule has 0 amide bonds. The third-order valence-electron chi connectivity index (χ3n) is 8.19. The summed E-state index contributed by atoms with van der Waals surface area (Å²) >= 11 is 6.59. The van der Waals surface area contributed by atoms with Crippen molar-refractivity contribution in [1.82, 2.24) is 15.0 Å². The molecule has 2 aliphatic rings. The van der Waals surface area contributed by atoms with Gasteiger partial charge in [-0.05, 0) is 89.8 Å². The highest BCUT2D eigenvalue weighted by atomic mass is 35.5. The lowest BCUT2D eigenvalue weighted by atomic mass is 9.97. The molecule has 9 rings (SSSR count). The molecule has 180 valence electrons. The van der Waals surface area contributed by atoms with Crippen molar-refractivity contribution in [2.45, 2.75) is 0 Å². The molecule has 0 spiro atoms. The first kappa shape index (κ1) is 21.1. The highest BCUT2D eigenvalue weighted by Crippen LogP contribution is 2.50. The summed E-state index contributed by atoms with van der Waals surface area (Å²) in [6, 6.07) is 38.6. The second-order valence-electron chi connectivity index (χ2n) is 10.1. The lowest BCUT2D eigenvalue weighted by molar-refractivity contribution is 1.07. The van der Waals surface area contributed by atoms with Gasteiger partial charge in [-0.25, -0.2) is 4.98 Å². The molecule has 0 N–H and O–H groups in total. The van der Waals surface area contributed by atoms with E-state index in [1.807, 2.05) is 0 Å². The van der Waals surface area contributed by atoms with Gasteiger partial charge in [0.1, 0.15) is 0 Å². The van der Waals surface area contributed by atoms with E-state index in [-0.39, 0.29) is 5.28 Å². The maximum Gasteiger partial charge on any atom is 0.226 e. The first-order chi connectivity index (χ1) is 19.3. The quantitative estimate of drug-likeness (QED) is 0.230. The van der Waals surface area contributed by atoms with Gasteiger partial charge >= 0.3 is 0 Å². The van der Waals surface area contributed by atoms with Gasteiger partial charge in [-0.1, -0.05) is 97.1 Å². The Bertz CT molecular complexity index is 1990. The van der Waals surface area contributed by atoms with Gasteiger partial charge < -0.3 is 0 Å². The lowest BCUT2D eigenvalue weighted by Crippen LogP contribution is -1.98. The normalized spacial score (nSPS) is 12.2. The summed E-state index contributed by atoms with van der Waals surface area (Å²) in [5.41, 5.74) is 11.9. The molecule has 0 radical (unpaired) electrons. The highest BCUT2D eigenvalue weighted by molar-refractivity contribution is 6.28. The average molecular weight is 516 g/mol. The Hall–Kier alpha value is -4.86. The monoisotopic (exact) mass is 515 g/mol. The molecule has 0 saturated heterocycles. The van der Waals surface area contributed by atoms with Crippen LogP contribution in [0.3, 0.4) is 0 Å². The van der Waals surface area contributed by atoms with E-state index in [4.69, 9.17) is 16.6 Å². The van der Waals surface area contributed by atoms with Gasteiger partial charge in [-0.15, -0.1) is 0 Å². The van der Waals surface area contributed by atoms with Gasteiger partial charge in [0.25, 0.3) is 0 Å². The maximum atomic E-state index is 6.59. The summed E-state index contributed by atoms with van der Waals surface area (Å²) in [6.45, 7) is 0. The maximum absolute atomic E-state index is 6.59. The van der Waals surface area contributed by atoms with E-state index in [0.29, 0.717) is 11.6 Å². The Morgan fingerprint density at radius 3 is 1.13 bits per heavy atom. The molecule has 2 aliphatic carbocycles. The van der Waals surface area contributed by atoms with E-state index in [2.05, 4.69) is 119 Å². The van der Waals surface area contributed by atoms with Crippen LogP contribution < -0.4 is 0 Å². The molecule has 3 nitrogen and oxygen atoms in total. The van der Waals surface area contributed by atoms with Crippen LogP contribution in [0.4, 0.5) is 0 Å². The van der Waals surface area contributed by atoms with E-state index in [9.17, 15) is 0 Å². The van der Waals surface area contributed by atoms with Gasteiger partial charge in [-0.3, -0.25) is 0 Å². The molecule has 1 aromatic heterocycles. The zero-order chi connectivity index (χ0) is 25.7. The fourth-order valence-electron chi connectivity index (χ4n) is 6.60. The van der Waals surface area contributed by atoms with Gasteiger partial charge in [0.2, 0.25) is 5.28 Å². The molecule has 39 heavy (non-hydrogen) atoms. The van der Waals surface area contributed by atoms with Crippen molar-refractivity contribution in [3.63, 3.8) is 0 Å². The first-order valence-electron chi connectivity index (χ1n) is 13.0. The minimum absolute atomic E-state index is 0.188. The Morgan fingerprint density at radius 2 is 0.692 bits per heavy atom. The average Bonchev–Trinajstić information content (AvgIpc) is 3.49. The molecule has 0 aliphatic heterocycles. The number of hydrogen-bond donors (Lipinski definition) is 0. The summed E-state index contributed by atoms with van der Waals surface area (Å²) < 4.78 is 0. The third-order valence-corrected chi connectivity index (χ3v) is 8.36. The van der Waals surface area contributed by atoms with Crippen LogP contribution in [0, 0.1) is 0 Å². The van der Waals surface area contributed by atoms with E-state index in [1.165, 1.54) is 55.3 Å². The number of benzene rings is 6. The van der Waals surface area contributed by atoms with Crippen LogP contribution in [0.25, 0.3) is 88.8 Å². The summed E-state index contributed by atoms with van der Waals surface area (Å²) in [4.78, 5) is 14.2. The topological polar surface area (TPSA) is 38.7 Å². The van der Waals surface area contributed by atoms with E-state index in [0.717, 1.165) is 21.9 Å². The third kappa shape index (κ3) is 2.80. The highest BCUT2D eigenvalue weighted by Gasteiger charge is 2.25. The Kier molecular flexibility index (Phi) is 4.11. The van der Waals surface area contributed by atoms with Crippen molar-refractivity contribution in [2.75, 3.05) is 0 Å². The van der Waals surface area contributed by atoms with Crippen LogP contribution in [0.15, 0.2) is 109 Å². The molecule has 0 atom stereocenters. The van der Waals surface area contributed by atoms with Gasteiger partial charge in [0, 0.05) is 11.1 Å². The summed E-state index contributed by atoms with van der Waals surface area (Å²) in [6.07, 6.45) is 0. The Morgan fingerprint density at radius 1 is 0.333 bits per heavy atom. The fourth-order valence-corrected chi connectivity index (χ4v) is 6.76. The number of aromatic nitrogens is 3. The number of halogens is 1. The second-order valence-corrected chi connectivity index (χ2v) is 10.5. The van der Waals surface area contributed by atoms with Crippen LogP contribution in [0.1, 0.15) is 0 Å². The van der Waals surface area contributed by atoms with Crippen LogP contribution in [-0.4, -0.2) is 15.0 Å². The summed E-state index contributed by atoms with van der Waals surface area (Å²) in [7, 11) is 0. The number of hydrogen-bond acceptors (Lipinski definition) is 3. The van der Waals surface area contributed by atoms with Crippen molar-refractivity contribution >= 4 is 33.1 Å². The number of fused-ring (bicyclic) bond motifs is 6. The fraction of sp³-hybridized carbons (Fsp3) is 0. The smallest absolute Gasteiger partial charge is 0.208 e. The van der Waals surface area contributed by atoms with Crippen molar-refractivity contribution in [3.05, 3.63) is 114 Å². The van der Waals surface area contributed by atoms with Crippen LogP contribution >= 0.6 is 11.6 Å². The van der Waals surface area contributed by atoms with Crippen LogP contribution in [0.5, 0.6) is 0 Å². The molecule has 0 unspecified atom stereocenters. The summed E-state index contributed by atoms with van der Waals surface area (Å²) in [5.74, 6) is 1.16. The van der Waals surface area contributed by atoms with Crippen molar-refractivity contribution in [3.8, 4) is 67.3 Å². The predicted octanol–water partition coefficient (Wildman–Crippen LogP) is 9.46. The SMILES string of the molecule is Clc1nc(-c2ccc3c4c(cccc24)-c2ccccc2-3)nc(-c2ccc3c4c(cccc24)-c2ccccc2-3)n1. The zero-order valence-electron chi connectivity index (χ0n) is 20.6. The van der Waals surface area contributed by atoms with Crippen molar-refractivity contribution < 1.29 is 0 Å². The molecular formula is C35H18ClN3. The molecule has 7 aromatic rings. The van der Waals surface area contributed by atoms with Gasteiger partial charge in [0.05, 0.1) is 0 Å². The van der Waals surface area contributed by atoms with E-state index in [1.54, 1.807) is 0 Å². The predicted molar refractivity (Wildman–Crippen MR) is 160 cm³/mol. The Labute approximate surface area is 229 Å². The van der Waals surface area contributed by atoms with Crippen molar-refractivity contribution in [1.29, 1.82) is 0 Å². The lowest BCUT2D eigenvalue weighted by Gasteiger charge is -2.11. The minimum atomic E-state index is 0.188. The molecule has 0 saturated carbocycles. The molecule has 0 bridgehead atoms. The van der Waals surface area contributed by atoms with E-state index >= 15 is 0 Å².